The van der Waals surface area contributed by atoms with Gasteiger partial charge in [-0.2, -0.15) is 0 Å². The molecule has 0 saturated carbocycles. The summed E-state index contributed by atoms with van der Waals surface area (Å²) in [6.07, 6.45) is 4.83. The van der Waals surface area contributed by atoms with E-state index in [1.165, 1.54) is 0 Å². The molecule has 2 aromatic carbocycles. The van der Waals surface area contributed by atoms with Crippen molar-refractivity contribution in [3.05, 3.63) is 71.5 Å². The van der Waals surface area contributed by atoms with Crippen molar-refractivity contribution in [2.75, 3.05) is 71.0 Å². The summed E-state index contributed by atoms with van der Waals surface area (Å²) in [6, 6.07) is 13.3. The summed E-state index contributed by atoms with van der Waals surface area (Å²) < 4.78 is 17.6. The van der Waals surface area contributed by atoms with Crippen LogP contribution in [-0.4, -0.2) is 97.7 Å². The van der Waals surface area contributed by atoms with Crippen LogP contribution in [0.2, 0.25) is 0 Å². The number of aromatic nitrogens is 2. The lowest BCUT2D eigenvalue weighted by Crippen LogP contribution is -2.51. The molecule has 1 saturated heterocycles. The van der Waals surface area contributed by atoms with Crippen molar-refractivity contribution < 1.29 is 23.8 Å². The molecule has 42 heavy (non-hydrogen) atoms. The van der Waals surface area contributed by atoms with Gasteiger partial charge in [0.2, 0.25) is 11.9 Å². The fourth-order valence-corrected chi connectivity index (χ4v) is 5.83. The molecule has 6 bridgehead atoms. The first kappa shape index (κ1) is 27.8. The summed E-state index contributed by atoms with van der Waals surface area (Å²) in [6.45, 7) is 4.78. The number of carbonyl (C=O) groups excluding carboxylic acids is 2. The molecule has 1 N–H and O–H groups in total. The third-order valence-electron chi connectivity index (χ3n) is 7.98. The number of methoxy groups -OCH3 is 1. The summed E-state index contributed by atoms with van der Waals surface area (Å²) >= 11 is 0. The van der Waals surface area contributed by atoms with E-state index < -0.39 is 0 Å². The van der Waals surface area contributed by atoms with Crippen molar-refractivity contribution >= 4 is 17.8 Å². The van der Waals surface area contributed by atoms with Crippen LogP contribution in [0.15, 0.2) is 54.9 Å². The molecule has 1 atom stereocenters. The number of nitrogens with zero attached hydrogens (tertiary/aromatic N) is 5. The standard InChI is InChI=1S/C31H36N6O5/c1-40-26-19-25-22-7-11-37(29(39)20-35-12-14-36(15-13-35)31-33-8-3-9-34-31)30(25)23-5-2-6-24(17-23)41-16-4-10-32-28(38)21-42-27(26)18-22/h2-3,5-6,8-9,17-19,30H,4,7,10-16,20-21H2,1H3,(H,32,38). The lowest BCUT2D eigenvalue weighted by molar-refractivity contribution is -0.134. The summed E-state index contributed by atoms with van der Waals surface area (Å²) in [5, 5.41) is 2.87. The van der Waals surface area contributed by atoms with E-state index in [1.807, 2.05) is 47.4 Å². The number of anilines is 1. The summed E-state index contributed by atoms with van der Waals surface area (Å²) in [7, 11) is 1.59. The molecule has 4 aliphatic rings. The molecule has 1 aromatic heterocycles. The van der Waals surface area contributed by atoms with E-state index in [0.29, 0.717) is 50.6 Å². The number of hydrogen-bond acceptors (Lipinski definition) is 9. The Morgan fingerprint density at radius 3 is 2.69 bits per heavy atom. The lowest BCUT2D eigenvalue weighted by Gasteiger charge is -2.40. The highest BCUT2D eigenvalue weighted by molar-refractivity contribution is 5.80. The Morgan fingerprint density at radius 1 is 1.05 bits per heavy atom. The minimum atomic E-state index is -0.317. The van der Waals surface area contributed by atoms with Crippen LogP contribution < -0.4 is 24.4 Å². The molecule has 0 spiro atoms. The first-order valence-corrected chi connectivity index (χ1v) is 14.5. The molecule has 0 radical (unpaired) electrons. The highest BCUT2D eigenvalue weighted by Gasteiger charge is 2.35. The van der Waals surface area contributed by atoms with E-state index in [2.05, 4.69) is 25.1 Å². The second kappa shape index (κ2) is 12.6. The van der Waals surface area contributed by atoms with Gasteiger partial charge in [-0.15, -0.1) is 0 Å². The van der Waals surface area contributed by atoms with Gasteiger partial charge in [-0.1, -0.05) is 12.1 Å². The van der Waals surface area contributed by atoms with Gasteiger partial charge in [-0.3, -0.25) is 14.5 Å². The molecular weight excluding hydrogens is 536 g/mol. The van der Waals surface area contributed by atoms with Crippen molar-refractivity contribution in [1.29, 1.82) is 0 Å². The van der Waals surface area contributed by atoms with Gasteiger partial charge in [0.15, 0.2) is 18.1 Å². The second-order valence-corrected chi connectivity index (χ2v) is 10.7. The molecule has 11 heteroatoms. The van der Waals surface area contributed by atoms with Crippen molar-refractivity contribution in [1.82, 2.24) is 25.1 Å². The maximum Gasteiger partial charge on any atom is 0.257 e. The Balaban J connectivity index is 1.28. The van der Waals surface area contributed by atoms with Gasteiger partial charge >= 0.3 is 0 Å². The van der Waals surface area contributed by atoms with Crippen molar-refractivity contribution in [2.24, 2.45) is 0 Å². The number of benzene rings is 2. The molecule has 3 aromatic rings. The van der Waals surface area contributed by atoms with E-state index >= 15 is 0 Å². The van der Waals surface area contributed by atoms with E-state index in [9.17, 15) is 9.59 Å². The van der Waals surface area contributed by atoms with Gasteiger partial charge in [0.25, 0.3) is 5.91 Å². The van der Waals surface area contributed by atoms with Crippen LogP contribution in [0, 0.1) is 0 Å². The van der Waals surface area contributed by atoms with Crippen molar-refractivity contribution in [3.63, 3.8) is 0 Å². The van der Waals surface area contributed by atoms with Gasteiger partial charge < -0.3 is 29.3 Å². The zero-order valence-corrected chi connectivity index (χ0v) is 23.8. The van der Waals surface area contributed by atoms with Crippen LogP contribution in [-0.2, 0) is 16.0 Å². The highest BCUT2D eigenvalue weighted by Crippen LogP contribution is 2.42. The topological polar surface area (TPSA) is 109 Å². The second-order valence-electron chi connectivity index (χ2n) is 10.7. The highest BCUT2D eigenvalue weighted by atomic mass is 16.5. The number of fused-ring (bicyclic) bond motifs is 8. The smallest absolute Gasteiger partial charge is 0.257 e. The molecule has 2 amide bonds. The number of nitrogens with one attached hydrogen (secondary N) is 1. The van der Waals surface area contributed by atoms with Crippen molar-refractivity contribution in [2.45, 2.75) is 18.9 Å². The van der Waals surface area contributed by atoms with Crippen LogP contribution in [0.25, 0.3) is 0 Å². The molecule has 5 heterocycles. The lowest BCUT2D eigenvalue weighted by atomic mass is 9.87. The Hall–Kier alpha value is -4.38. The minimum absolute atomic E-state index is 0.0757. The average molecular weight is 573 g/mol. The quantitative estimate of drug-likeness (QED) is 0.503. The molecule has 11 nitrogen and oxygen atoms in total. The molecule has 0 aliphatic carbocycles. The molecule has 7 rings (SSSR count). The van der Waals surface area contributed by atoms with Crippen LogP contribution in [0.5, 0.6) is 17.2 Å². The average Bonchev–Trinajstić information content (AvgIpc) is 3.03. The molecule has 1 fully saturated rings. The first-order valence-electron chi connectivity index (χ1n) is 14.5. The van der Waals surface area contributed by atoms with Gasteiger partial charge in [0.05, 0.1) is 26.3 Å². The van der Waals surface area contributed by atoms with Gasteiger partial charge in [0.1, 0.15) is 5.75 Å². The Bertz CT molecular complexity index is 1410. The number of carbonyl (C=O) groups is 2. The Morgan fingerprint density at radius 2 is 1.88 bits per heavy atom. The summed E-state index contributed by atoms with van der Waals surface area (Å²) in [4.78, 5) is 41.4. The predicted octanol–water partition coefficient (Wildman–Crippen LogP) is 2.06. The summed E-state index contributed by atoms with van der Waals surface area (Å²) in [5.74, 6) is 2.38. The van der Waals surface area contributed by atoms with Crippen LogP contribution in [0.3, 0.4) is 0 Å². The number of ether oxygens (including phenoxy) is 3. The van der Waals surface area contributed by atoms with Gasteiger partial charge in [0, 0.05) is 51.7 Å². The Labute approximate surface area is 245 Å². The van der Waals surface area contributed by atoms with E-state index in [-0.39, 0.29) is 24.5 Å². The van der Waals surface area contributed by atoms with Crippen LogP contribution in [0.4, 0.5) is 5.95 Å². The minimum Gasteiger partial charge on any atom is -0.494 e. The fraction of sp³-hybridized carbons (Fsp3) is 0.419. The maximum absolute atomic E-state index is 14.0. The third-order valence-corrected chi connectivity index (χ3v) is 7.98. The van der Waals surface area contributed by atoms with Gasteiger partial charge in [-0.05, 0) is 59.9 Å². The normalized spacial score (nSPS) is 19.5. The zero-order chi connectivity index (χ0) is 28.9. The zero-order valence-electron chi connectivity index (χ0n) is 23.8. The monoisotopic (exact) mass is 572 g/mol. The Kier molecular flexibility index (Phi) is 8.36. The number of hydrogen-bond donors (Lipinski definition) is 1. The molecule has 4 aliphatic heterocycles. The number of amides is 2. The number of rotatable bonds is 4. The summed E-state index contributed by atoms with van der Waals surface area (Å²) in [5.41, 5.74) is 3.03. The van der Waals surface area contributed by atoms with Crippen molar-refractivity contribution in [3.8, 4) is 17.2 Å². The molecule has 220 valence electrons. The van der Waals surface area contributed by atoms with Crippen LogP contribution in [0.1, 0.15) is 29.2 Å². The SMILES string of the molecule is COc1cc2c3cc1OCC(=O)NCCCOc1cccc(c1)C2N(C(=O)CN1CCN(c2ncccn2)CC1)CC3. The largest absolute Gasteiger partial charge is 0.494 e. The third kappa shape index (κ3) is 6.11. The van der Waals surface area contributed by atoms with Gasteiger partial charge in [-0.25, -0.2) is 9.97 Å². The van der Waals surface area contributed by atoms with E-state index in [4.69, 9.17) is 14.2 Å². The van der Waals surface area contributed by atoms with Crippen LogP contribution >= 0.6 is 0 Å². The fourth-order valence-electron chi connectivity index (χ4n) is 5.83. The van der Waals surface area contributed by atoms with E-state index in [0.717, 1.165) is 54.6 Å². The first-order chi connectivity index (χ1) is 20.6. The van der Waals surface area contributed by atoms with E-state index in [1.54, 1.807) is 19.5 Å². The number of piperazine rings is 1. The molecule has 1 unspecified atom stereocenters. The molecular formula is C31H36N6O5. The predicted molar refractivity (Wildman–Crippen MR) is 156 cm³/mol. The maximum atomic E-state index is 14.0.